The van der Waals surface area contributed by atoms with E-state index < -0.39 is 0 Å². The third-order valence-corrected chi connectivity index (χ3v) is 4.44. The van der Waals surface area contributed by atoms with Gasteiger partial charge in [-0.1, -0.05) is 17.7 Å². The van der Waals surface area contributed by atoms with Crippen LogP contribution in [0.4, 0.5) is 0 Å². The Morgan fingerprint density at radius 3 is 3.22 bits per heavy atom. The molecule has 0 spiro atoms. The zero-order chi connectivity index (χ0) is 12.1. The quantitative estimate of drug-likeness (QED) is 0.725. The standard InChI is InChI=1S/C14H14ClN3/c15-11-3-1-4-12-10(11)8-17-6-2-5-13(17)14-7-16-9-18(12)14/h1,3-4,7,9,13H,2,5-6,8H2/t13-/m0/s1. The van der Waals surface area contributed by atoms with E-state index in [9.17, 15) is 0 Å². The van der Waals surface area contributed by atoms with Crippen molar-refractivity contribution in [1.29, 1.82) is 0 Å². The normalized spacial score (nSPS) is 22.2. The SMILES string of the molecule is Clc1cccc2c1CN1CCC[C@H]1c1cncn1-2. The Bertz CT molecular complexity index is 605. The van der Waals surface area contributed by atoms with Crippen molar-refractivity contribution < 1.29 is 0 Å². The van der Waals surface area contributed by atoms with Gasteiger partial charge in [0, 0.05) is 17.1 Å². The average molecular weight is 260 g/mol. The van der Waals surface area contributed by atoms with E-state index in [-0.39, 0.29) is 0 Å². The predicted molar refractivity (Wildman–Crippen MR) is 71.0 cm³/mol. The first-order valence-corrected chi connectivity index (χ1v) is 6.76. The monoisotopic (exact) mass is 259 g/mol. The minimum atomic E-state index is 0.496. The number of halogens is 1. The summed E-state index contributed by atoms with van der Waals surface area (Å²) in [7, 11) is 0. The lowest BCUT2D eigenvalue weighted by Crippen LogP contribution is -2.21. The molecule has 0 amide bonds. The van der Waals surface area contributed by atoms with Crippen molar-refractivity contribution in [2.75, 3.05) is 6.54 Å². The summed E-state index contributed by atoms with van der Waals surface area (Å²) in [6, 6.07) is 6.62. The molecule has 2 aliphatic rings. The second kappa shape index (κ2) is 3.84. The van der Waals surface area contributed by atoms with Crippen LogP contribution in [-0.2, 0) is 6.54 Å². The number of rotatable bonds is 0. The summed E-state index contributed by atoms with van der Waals surface area (Å²) < 4.78 is 2.21. The Hall–Kier alpha value is -1.32. The predicted octanol–water partition coefficient (Wildman–Crippen LogP) is 3.18. The highest BCUT2D eigenvalue weighted by atomic mass is 35.5. The number of benzene rings is 1. The lowest BCUT2D eigenvalue weighted by Gasteiger charge is -2.21. The Morgan fingerprint density at radius 2 is 2.28 bits per heavy atom. The molecule has 0 saturated carbocycles. The van der Waals surface area contributed by atoms with Crippen molar-refractivity contribution in [3.8, 4) is 5.69 Å². The van der Waals surface area contributed by atoms with Crippen LogP contribution in [0.15, 0.2) is 30.7 Å². The van der Waals surface area contributed by atoms with Gasteiger partial charge in [-0.3, -0.25) is 4.90 Å². The van der Waals surface area contributed by atoms with E-state index in [1.807, 2.05) is 24.7 Å². The van der Waals surface area contributed by atoms with Crippen LogP contribution in [0.2, 0.25) is 5.02 Å². The van der Waals surface area contributed by atoms with E-state index in [0.717, 1.165) is 18.1 Å². The third kappa shape index (κ3) is 1.38. The largest absolute Gasteiger partial charge is 0.301 e. The third-order valence-electron chi connectivity index (χ3n) is 4.09. The number of fused-ring (bicyclic) bond motifs is 5. The van der Waals surface area contributed by atoms with Crippen molar-refractivity contribution in [2.45, 2.75) is 25.4 Å². The summed E-state index contributed by atoms with van der Waals surface area (Å²) in [5.41, 5.74) is 3.71. The van der Waals surface area contributed by atoms with Crippen molar-refractivity contribution in [3.05, 3.63) is 47.0 Å². The van der Waals surface area contributed by atoms with Gasteiger partial charge in [0.05, 0.1) is 29.9 Å². The molecule has 3 heterocycles. The highest BCUT2D eigenvalue weighted by Gasteiger charge is 2.32. The van der Waals surface area contributed by atoms with Crippen molar-refractivity contribution in [3.63, 3.8) is 0 Å². The molecule has 2 aliphatic heterocycles. The van der Waals surface area contributed by atoms with E-state index >= 15 is 0 Å². The minimum Gasteiger partial charge on any atom is -0.301 e. The molecule has 4 heteroatoms. The van der Waals surface area contributed by atoms with Crippen LogP contribution < -0.4 is 0 Å². The van der Waals surface area contributed by atoms with Crippen LogP contribution in [0, 0.1) is 0 Å². The lowest BCUT2D eigenvalue weighted by molar-refractivity contribution is 0.248. The highest BCUT2D eigenvalue weighted by molar-refractivity contribution is 6.31. The first kappa shape index (κ1) is 10.6. The Morgan fingerprint density at radius 1 is 1.33 bits per heavy atom. The molecule has 18 heavy (non-hydrogen) atoms. The Balaban J connectivity index is 1.99. The van der Waals surface area contributed by atoms with Gasteiger partial charge in [0.2, 0.25) is 0 Å². The summed E-state index contributed by atoms with van der Waals surface area (Å²) >= 11 is 6.38. The van der Waals surface area contributed by atoms with E-state index in [1.165, 1.54) is 29.8 Å². The van der Waals surface area contributed by atoms with E-state index in [2.05, 4.69) is 20.5 Å². The van der Waals surface area contributed by atoms with Gasteiger partial charge in [-0.15, -0.1) is 0 Å². The molecule has 1 fully saturated rings. The maximum Gasteiger partial charge on any atom is 0.0994 e. The topological polar surface area (TPSA) is 21.1 Å². The van der Waals surface area contributed by atoms with E-state index in [4.69, 9.17) is 11.6 Å². The lowest BCUT2D eigenvalue weighted by atomic mass is 10.1. The van der Waals surface area contributed by atoms with Crippen LogP contribution in [0.1, 0.15) is 30.1 Å². The molecule has 1 saturated heterocycles. The first-order valence-electron chi connectivity index (χ1n) is 6.38. The van der Waals surface area contributed by atoms with Gasteiger partial charge in [0.15, 0.2) is 0 Å². The van der Waals surface area contributed by atoms with Crippen molar-refractivity contribution in [2.24, 2.45) is 0 Å². The maximum absolute atomic E-state index is 6.38. The molecule has 2 aromatic rings. The molecule has 0 aliphatic carbocycles. The molecule has 1 aromatic heterocycles. The van der Waals surface area contributed by atoms with Crippen LogP contribution >= 0.6 is 11.6 Å². The molecule has 0 bridgehead atoms. The zero-order valence-corrected chi connectivity index (χ0v) is 10.8. The number of imidazole rings is 1. The minimum absolute atomic E-state index is 0.496. The van der Waals surface area contributed by atoms with Gasteiger partial charge in [-0.2, -0.15) is 0 Å². The summed E-state index contributed by atoms with van der Waals surface area (Å²) in [5, 5.41) is 0.861. The Kier molecular flexibility index (Phi) is 2.26. The zero-order valence-electron chi connectivity index (χ0n) is 10.0. The van der Waals surface area contributed by atoms with E-state index in [1.54, 1.807) is 0 Å². The number of hydrogen-bond acceptors (Lipinski definition) is 2. The second-order valence-electron chi connectivity index (χ2n) is 5.05. The number of nitrogens with zero attached hydrogens (tertiary/aromatic N) is 3. The van der Waals surface area contributed by atoms with Gasteiger partial charge >= 0.3 is 0 Å². The van der Waals surface area contributed by atoms with Crippen molar-refractivity contribution in [1.82, 2.24) is 14.5 Å². The number of hydrogen-bond donors (Lipinski definition) is 0. The molecular weight excluding hydrogens is 246 g/mol. The smallest absolute Gasteiger partial charge is 0.0994 e. The molecule has 1 aromatic carbocycles. The van der Waals surface area contributed by atoms with Gasteiger partial charge in [-0.05, 0) is 31.5 Å². The summed E-state index contributed by atoms with van der Waals surface area (Å²) in [6.07, 6.45) is 6.39. The molecule has 92 valence electrons. The van der Waals surface area contributed by atoms with Gasteiger partial charge in [-0.25, -0.2) is 4.98 Å². The summed E-state index contributed by atoms with van der Waals surface area (Å²) in [4.78, 5) is 6.85. The molecule has 0 N–H and O–H groups in total. The number of aromatic nitrogens is 2. The summed E-state index contributed by atoms with van der Waals surface area (Å²) in [5.74, 6) is 0. The molecule has 0 unspecified atom stereocenters. The first-order chi connectivity index (χ1) is 8.84. The molecule has 4 rings (SSSR count). The van der Waals surface area contributed by atoms with Gasteiger partial charge < -0.3 is 4.57 Å². The fourth-order valence-corrected chi connectivity index (χ4v) is 3.47. The van der Waals surface area contributed by atoms with E-state index in [0.29, 0.717) is 6.04 Å². The Labute approximate surface area is 111 Å². The van der Waals surface area contributed by atoms with Crippen molar-refractivity contribution >= 4 is 11.6 Å². The maximum atomic E-state index is 6.38. The van der Waals surface area contributed by atoms with Gasteiger partial charge in [0.25, 0.3) is 0 Å². The van der Waals surface area contributed by atoms with Crippen LogP contribution in [0.3, 0.4) is 0 Å². The average Bonchev–Trinajstić information content (AvgIpc) is 2.98. The van der Waals surface area contributed by atoms with Crippen LogP contribution in [0.25, 0.3) is 5.69 Å². The molecule has 1 atom stereocenters. The molecule has 0 radical (unpaired) electrons. The molecule has 3 nitrogen and oxygen atoms in total. The summed E-state index contributed by atoms with van der Waals surface area (Å²) in [6.45, 7) is 2.10. The van der Waals surface area contributed by atoms with Gasteiger partial charge in [0.1, 0.15) is 0 Å². The highest BCUT2D eigenvalue weighted by Crippen LogP contribution is 2.39. The fourth-order valence-electron chi connectivity index (χ4n) is 3.24. The second-order valence-corrected chi connectivity index (χ2v) is 5.46. The fraction of sp³-hybridized carbons (Fsp3) is 0.357. The van der Waals surface area contributed by atoms with Crippen LogP contribution in [0.5, 0.6) is 0 Å². The molecular formula is C14H14ClN3. The van der Waals surface area contributed by atoms with Crippen LogP contribution in [-0.4, -0.2) is 21.0 Å².